The van der Waals surface area contributed by atoms with Crippen LogP contribution in [0.4, 0.5) is 11.4 Å². The molecule has 0 aliphatic rings. The predicted octanol–water partition coefficient (Wildman–Crippen LogP) is 13.6. The predicted molar refractivity (Wildman–Crippen MR) is 319 cm³/mol. The minimum atomic E-state index is -0.913. The van der Waals surface area contributed by atoms with Crippen molar-refractivity contribution in [1.29, 1.82) is 0 Å². The third-order valence-electron chi connectivity index (χ3n) is 14.9. The molecule has 3 aromatic heterocycles. The summed E-state index contributed by atoms with van der Waals surface area (Å²) in [6.07, 6.45) is 22.7. The molecule has 0 bridgehead atoms. The lowest BCUT2D eigenvalue weighted by molar-refractivity contribution is -0.157. The van der Waals surface area contributed by atoms with Crippen LogP contribution < -0.4 is 42.0 Å². The fourth-order valence-corrected chi connectivity index (χ4v) is 10.7. The number of nitrogen functional groups attached to an aromatic ring is 2. The highest BCUT2D eigenvalue weighted by Gasteiger charge is 2.29. The van der Waals surface area contributed by atoms with Crippen molar-refractivity contribution in [3.8, 4) is 23.0 Å². The maximum Gasteiger partial charge on any atom is 0.378 e. The number of hydrogen-bond acceptors (Lipinski definition) is 14. The van der Waals surface area contributed by atoms with Crippen molar-refractivity contribution in [2.45, 2.75) is 208 Å². The van der Waals surface area contributed by atoms with Gasteiger partial charge >= 0.3 is 11.9 Å². The molecule has 0 saturated heterocycles. The fraction of sp³-hybridized carbons (Fsp3) is 0.547. The highest BCUT2D eigenvalue weighted by atomic mass is 16.6. The summed E-state index contributed by atoms with van der Waals surface area (Å²) in [5.41, 5.74) is 14.1. The molecule has 0 fully saturated rings. The number of fused-ring (bicyclic) bond motifs is 5. The maximum absolute atomic E-state index is 13.1. The van der Waals surface area contributed by atoms with Gasteiger partial charge in [0.25, 0.3) is 5.76 Å². The third-order valence-corrected chi connectivity index (χ3v) is 14.9. The van der Waals surface area contributed by atoms with Gasteiger partial charge in [-0.1, -0.05) is 115 Å². The van der Waals surface area contributed by atoms with E-state index in [0.29, 0.717) is 40.7 Å². The average molecular weight is 1100 g/mol. The Labute approximate surface area is 469 Å². The first-order chi connectivity index (χ1) is 38.2. The van der Waals surface area contributed by atoms with Crippen LogP contribution in [0.2, 0.25) is 0 Å². The van der Waals surface area contributed by atoms with Gasteiger partial charge in [0.2, 0.25) is 22.0 Å². The molecule has 0 saturated carbocycles. The molecule has 0 amide bonds. The summed E-state index contributed by atoms with van der Waals surface area (Å²) in [6.45, 7) is 16.7. The van der Waals surface area contributed by atoms with Crippen molar-refractivity contribution in [1.82, 2.24) is 9.13 Å². The van der Waals surface area contributed by atoms with E-state index in [2.05, 4.69) is 9.13 Å². The Morgan fingerprint density at radius 2 is 1.00 bits per heavy atom. The summed E-state index contributed by atoms with van der Waals surface area (Å²) in [5, 5.41) is 12.3. The lowest BCUT2D eigenvalue weighted by Crippen LogP contribution is -2.32. The van der Waals surface area contributed by atoms with E-state index in [4.69, 9.17) is 39.6 Å². The quantitative estimate of drug-likeness (QED) is 0.0203. The van der Waals surface area contributed by atoms with Crippen LogP contribution in [0.1, 0.15) is 192 Å². The molecule has 7 rings (SSSR count). The van der Waals surface area contributed by atoms with Gasteiger partial charge in [0.1, 0.15) is 17.0 Å². The van der Waals surface area contributed by atoms with Crippen LogP contribution in [0, 0.1) is 13.8 Å². The highest BCUT2D eigenvalue weighted by molar-refractivity contribution is 6.13. The summed E-state index contributed by atoms with van der Waals surface area (Å²) < 4.78 is 39.2. The smallest absolute Gasteiger partial charge is 0.378 e. The van der Waals surface area contributed by atoms with Crippen molar-refractivity contribution < 1.29 is 42.8 Å². The van der Waals surface area contributed by atoms with Crippen LogP contribution in [-0.2, 0) is 27.4 Å². The van der Waals surface area contributed by atoms with Crippen molar-refractivity contribution in [2.75, 3.05) is 31.3 Å². The van der Waals surface area contributed by atoms with E-state index in [1.807, 2.05) is 44.2 Å². The number of rotatable bonds is 32. The zero-order valence-electron chi connectivity index (χ0n) is 48.7. The number of aromatic nitrogens is 2. The molecule has 16 heteroatoms. The van der Waals surface area contributed by atoms with Gasteiger partial charge in [0.05, 0.1) is 57.2 Å². The first-order valence-corrected chi connectivity index (χ1v) is 29.2. The van der Waals surface area contributed by atoms with Crippen molar-refractivity contribution in [3.63, 3.8) is 0 Å². The molecule has 0 aliphatic heterocycles. The topological polar surface area (TPSA) is 227 Å². The molecule has 0 radical (unpaired) electrons. The van der Waals surface area contributed by atoms with E-state index in [1.165, 1.54) is 64.2 Å². The van der Waals surface area contributed by atoms with E-state index in [-0.39, 0.29) is 22.1 Å². The zero-order valence-corrected chi connectivity index (χ0v) is 48.7. The van der Waals surface area contributed by atoms with Crippen molar-refractivity contribution in [3.05, 3.63) is 90.3 Å². The number of para-hydroxylation sites is 2. The number of benzene rings is 3. The average Bonchev–Trinajstić information content (AvgIpc) is 3.92. The van der Waals surface area contributed by atoms with Crippen molar-refractivity contribution >= 4 is 66.9 Å². The second-order valence-electron chi connectivity index (χ2n) is 23.5. The molecule has 0 aliphatic carbocycles. The molecular formula is C64H86N4O12. The maximum atomic E-state index is 13.1. The van der Waals surface area contributed by atoms with Crippen LogP contribution in [0.5, 0.6) is 23.0 Å². The molecule has 434 valence electrons. The molecule has 16 nitrogen and oxygen atoms in total. The number of nitrogens with two attached hydrogens (primary N) is 2. The van der Waals surface area contributed by atoms with Crippen LogP contribution in [0.25, 0.3) is 43.5 Å². The molecule has 0 unspecified atom stereocenters. The number of unbranched alkanes of at least 4 members (excludes halogenated alkanes) is 18. The number of esters is 2. The molecule has 5 N–H and O–H groups in total. The largest absolute Gasteiger partial charge is 0.501 e. The molecular weight excluding hydrogens is 1020 g/mol. The van der Waals surface area contributed by atoms with Gasteiger partial charge in [-0.25, -0.2) is 9.59 Å². The van der Waals surface area contributed by atoms with Gasteiger partial charge in [-0.15, -0.1) is 0 Å². The number of carbonyl (C=O) groups excluding carboxylic acids is 2. The minimum Gasteiger partial charge on any atom is -0.501 e. The number of aromatic hydroxyl groups is 1. The third kappa shape index (κ3) is 15.1. The number of aryl methyl sites for hydroxylation is 2. The second-order valence-corrected chi connectivity index (χ2v) is 23.5. The standard InChI is InChI=1S/C64H86N4O12/c1-41-53(65)51-45(34-33-43-55(70)58(73)61(78-59(43)51)62(74)80-64(6,7)8)67(41)35-27-21-17-13-9-11-15-19-23-29-37-75-47-31-25-26-32-48(47)76-38-30-24-20-16-12-10-14-18-22-28-36-68-42(2)54(66)52-46(68)39-44-50(57(72)56(44)71)60(52)77-40-49(69)79-63(3,4)5/h25-26,31-34,39,73H,9-24,27-30,35-38,40,65-66H2,1-8H3. The summed E-state index contributed by atoms with van der Waals surface area (Å²) in [6, 6.07) is 13.2. The molecule has 4 aromatic carbocycles. The first kappa shape index (κ1) is 60.7. The number of ether oxygens (including phenoxy) is 5. The van der Waals surface area contributed by atoms with Crippen LogP contribution >= 0.6 is 0 Å². The van der Waals surface area contributed by atoms with Crippen LogP contribution in [0.15, 0.2) is 61.3 Å². The summed E-state index contributed by atoms with van der Waals surface area (Å²) in [4.78, 5) is 63.5. The molecule has 0 spiro atoms. The number of nitrogens with zero attached hydrogens (tertiary/aromatic N) is 2. The van der Waals surface area contributed by atoms with Gasteiger partial charge in [-0.05, 0) is 111 Å². The van der Waals surface area contributed by atoms with E-state index < -0.39 is 57.5 Å². The molecule has 0 atom stereocenters. The van der Waals surface area contributed by atoms with E-state index in [9.17, 15) is 29.1 Å². The monoisotopic (exact) mass is 1100 g/mol. The zero-order chi connectivity index (χ0) is 57.7. The number of hydrogen-bond donors (Lipinski definition) is 3. The normalized spacial score (nSPS) is 12.2. The molecule has 80 heavy (non-hydrogen) atoms. The Morgan fingerprint density at radius 1 is 0.537 bits per heavy atom. The highest BCUT2D eigenvalue weighted by Crippen LogP contribution is 2.41. The minimum absolute atomic E-state index is 0.153. The lowest BCUT2D eigenvalue weighted by atomic mass is 10.0. The summed E-state index contributed by atoms with van der Waals surface area (Å²) in [7, 11) is 0. The van der Waals surface area contributed by atoms with Gasteiger partial charge in [-0.3, -0.25) is 14.4 Å². The van der Waals surface area contributed by atoms with E-state index in [1.54, 1.807) is 53.7 Å². The van der Waals surface area contributed by atoms with Gasteiger partial charge < -0.3 is 53.8 Å². The Kier molecular flexibility index (Phi) is 20.8. The van der Waals surface area contributed by atoms with Gasteiger partial charge in [-0.2, -0.15) is 0 Å². The fourth-order valence-electron chi connectivity index (χ4n) is 10.7. The lowest BCUT2D eigenvalue weighted by Gasteiger charge is -2.20. The summed E-state index contributed by atoms with van der Waals surface area (Å²) >= 11 is 0. The molecule has 7 aromatic rings. The van der Waals surface area contributed by atoms with E-state index in [0.717, 1.165) is 111 Å². The van der Waals surface area contributed by atoms with Crippen LogP contribution in [0.3, 0.4) is 0 Å². The Hall–Kier alpha value is -6.97. The summed E-state index contributed by atoms with van der Waals surface area (Å²) in [5.74, 6) is -0.976. The van der Waals surface area contributed by atoms with Gasteiger partial charge in [0, 0.05) is 29.9 Å². The first-order valence-electron chi connectivity index (χ1n) is 29.2. The number of carbonyl (C=O) groups is 2. The van der Waals surface area contributed by atoms with Gasteiger partial charge in [0.15, 0.2) is 23.7 Å². The van der Waals surface area contributed by atoms with Crippen molar-refractivity contribution in [2.24, 2.45) is 0 Å². The number of anilines is 2. The molecule has 3 heterocycles. The Bertz CT molecular complexity index is 3400. The van der Waals surface area contributed by atoms with Crippen LogP contribution in [-0.4, -0.2) is 57.2 Å². The Morgan fingerprint density at radius 3 is 1.50 bits per heavy atom. The SMILES string of the molecule is Cc1c(N)c2c(OCC(=O)OC(C)(C)C)c3c(=O)c(=O)c3cc2n1CCCCCCCCCCCCOc1ccccc1OCCCCCCCCCCCCn1c(C)c(N)c2c3oc(C(=O)OC(C)(C)C)c(O)c(=O)c3ccc21. The second kappa shape index (κ2) is 27.5. The van der Waals surface area contributed by atoms with E-state index >= 15 is 0 Å². The Balaban J connectivity index is 0.701.